The smallest absolute Gasteiger partial charge is 0.213 e. The van der Waals surface area contributed by atoms with Gasteiger partial charge in [0.2, 0.25) is 5.96 Å². The minimum Gasteiger partial charge on any atom is -0.348 e. The van der Waals surface area contributed by atoms with Crippen LogP contribution >= 0.6 is 0 Å². The Labute approximate surface area is 68.0 Å². The van der Waals surface area contributed by atoms with Crippen molar-refractivity contribution in [1.82, 2.24) is 9.91 Å². The van der Waals surface area contributed by atoms with E-state index < -0.39 is 0 Å². The van der Waals surface area contributed by atoms with Crippen molar-refractivity contribution in [2.75, 3.05) is 21.1 Å². The quantitative estimate of drug-likeness (QED) is 0.365. The van der Waals surface area contributed by atoms with Crippen LogP contribution in [-0.2, 0) is 0 Å². The van der Waals surface area contributed by atoms with E-state index in [2.05, 4.69) is 5.10 Å². The average molecular weight is 156 g/mol. The minimum absolute atomic E-state index is 0.384. The standard InChI is InChI=1S/C7H16N4/c1-5-6-9-11(4)7(8)10(2)3/h6,8H,5H2,1-4H3/b8-7?,9-6+. The van der Waals surface area contributed by atoms with E-state index >= 15 is 0 Å². The zero-order chi connectivity index (χ0) is 8.85. The van der Waals surface area contributed by atoms with Crippen molar-refractivity contribution >= 4 is 12.2 Å². The lowest BCUT2D eigenvalue weighted by molar-refractivity contribution is 0.440. The van der Waals surface area contributed by atoms with E-state index in [0.29, 0.717) is 5.96 Å². The van der Waals surface area contributed by atoms with E-state index in [-0.39, 0.29) is 0 Å². The SMILES string of the molecule is CC/C=N/N(C)C(=N)N(C)C. The Balaban J connectivity index is 3.93. The highest BCUT2D eigenvalue weighted by Crippen LogP contribution is 1.88. The Bertz CT molecular complexity index is 151. The number of rotatable bonds is 2. The maximum Gasteiger partial charge on any atom is 0.213 e. The van der Waals surface area contributed by atoms with Crippen molar-refractivity contribution in [3.8, 4) is 0 Å². The van der Waals surface area contributed by atoms with Gasteiger partial charge in [-0.05, 0) is 6.42 Å². The lowest BCUT2D eigenvalue weighted by atomic mass is 10.5. The monoisotopic (exact) mass is 156 g/mol. The van der Waals surface area contributed by atoms with Crippen LogP contribution in [0.2, 0.25) is 0 Å². The fourth-order valence-electron chi connectivity index (χ4n) is 0.548. The van der Waals surface area contributed by atoms with Crippen LogP contribution in [0.3, 0.4) is 0 Å². The Morgan fingerprint density at radius 3 is 2.36 bits per heavy atom. The first-order valence-electron chi connectivity index (χ1n) is 3.61. The van der Waals surface area contributed by atoms with Crippen LogP contribution < -0.4 is 0 Å². The van der Waals surface area contributed by atoms with E-state index in [4.69, 9.17) is 5.41 Å². The van der Waals surface area contributed by atoms with Gasteiger partial charge in [-0.2, -0.15) is 5.10 Å². The number of nitrogens with one attached hydrogen (secondary N) is 1. The van der Waals surface area contributed by atoms with Gasteiger partial charge < -0.3 is 4.90 Å². The molecule has 0 atom stereocenters. The summed E-state index contributed by atoms with van der Waals surface area (Å²) >= 11 is 0. The molecule has 0 radical (unpaired) electrons. The molecule has 4 heteroatoms. The first-order valence-corrected chi connectivity index (χ1v) is 3.61. The summed E-state index contributed by atoms with van der Waals surface area (Å²) in [7, 11) is 5.40. The summed E-state index contributed by atoms with van der Waals surface area (Å²) in [5.41, 5.74) is 0. The second-order valence-electron chi connectivity index (χ2n) is 2.45. The molecule has 0 aromatic carbocycles. The molecule has 0 aliphatic carbocycles. The fourth-order valence-corrected chi connectivity index (χ4v) is 0.548. The molecule has 0 rings (SSSR count). The molecule has 0 aliphatic heterocycles. The number of nitrogens with zero attached hydrogens (tertiary/aromatic N) is 3. The molecule has 0 aromatic rings. The topological polar surface area (TPSA) is 42.7 Å². The molecule has 0 spiro atoms. The molecule has 0 bridgehead atoms. The van der Waals surface area contributed by atoms with Crippen molar-refractivity contribution in [1.29, 1.82) is 5.41 Å². The van der Waals surface area contributed by atoms with Crippen LogP contribution in [0.25, 0.3) is 0 Å². The van der Waals surface area contributed by atoms with E-state index in [1.807, 2.05) is 21.0 Å². The highest BCUT2D eigenvalue weighted by molar-refractivity contribution is 5.76. The molecular formula is C7H16N4. The number of hydrogen-bond acceptors (Lipinski definition) is 2. The molecule has 1 N–H and O–H groups in total. The largest absolute Gasteiger partial charge is 0.348 e. The number of hydrazone groups is 1. The van der Waals surface area contributed by atoms with Crippen LogP contribution in [0.15, 0.2) is 5.10 Å². The second-order valence-corrected chi connectivity index (χ2v) is 2.45. The lowest BCUT2D eigenvalue weighted by Gasteiger charge is -2.19. The van der Waals surface area contributed by atoms with E-state index in [1.54, 1.807) is 18.2 Å². The van der Waals surface area contributed by atoms with Gasteiger partial charge in [-0.3, -0.25) is 5.41 Å². The third kappa shape index (κ3) is 3.60. The van der Waals surface area contributed by atoms with Gasteiger partial charge in [0.1, 0.15) is 0 Å². The van der Waals surface area contributed by atoms with Gasteiger partial charge in [0.05, 0.1) is 0 Å². The maximum absolute atomic E-state index is 7.47. The zero-order valence-corrected chi connectivity index (χ0v) is 7.63. The normalized spacial score (nSPS) is 10.2. The third-order valence-corrected chi connectivity index (χ3v) is 1.17. The summed E-state index contributed by atoms with van der Waals surface area (Å²) < 4.78 is 0. The van der Waals surface area contributed by atoms with Gasteiger partial charge in [-0.25, -0.2) is 5.01 Å². The number of hydrogen-bond donors (Lipinski definition) is 1. The van der Waals surface area contributed by atoms with Crippen LogP contribution in [-0.4, -0.2) is 43.2 Å². The van der Waals surface area contributed by atoms with Gasteiger partial charge in [0.25, 0.3) is 0 Å². The van der Waals surface area contributed by atoms with Gasteiger partial charge >= 0.3 is 0 Å². The van der Waals surface area contributed by atoms with Crippen LogP contribution in [0.1, 0.15) is 13.3 Å². The summed E-state index contributed by atoms with van der Waals surface area (Å²) in [4.78, 5) is 1.70. The number of guanidine groups is 1. The second kappa shape index (κ2) is 4.71. The Morgan fingerprint density at radius 1 is 1.45 bits per heavy atom. The zero-order valence-electron chi connectivity index (χ0n) is 7.63. The predicted molar refractivity (Wildman–Crippen MR) is 48.0 cm³/mol. The summed E-state index contributed by atoms with van der Waals surface area (Å²) in [6, 6.07) is 0. The lowest BCUT2D eigenvalue weighted by Crippen LogP contribution is -2.33. The molecule has 0 saturated heterocycles. The Hall–Kier alpha value is -1.06. The molecule has 0 aliphatic rings. The Morgan fingerprint density at radius 2 is 2.00 bits per heavy atom. The van der Waals surface area contributed by atoms with Crippen molar-refractivity contribution in [3.05, 3.63) is 0 Å². The molecule has 11 heavy (non-hydrogen) atoms. The van der Waals surface area contributed by atoms with Gasteiger partial charge in [-0.1, -0.05) is 6.92 Å². The molecular weight excluding hydrogens is 140 g/mol. The van der Waals surface area contributed by atoms with Gasteiger partial charge in [0.15, 0.2) is 0 Å². The molecule has 0 saturated carbocycles. The molecule has 0 aromatic heterocycles. The molecule has 0 amide bonds. The molecule has 0 unspecified atom stereocenters. The maximum atomic E-state index is 7.47. The third-order valence-electron chi connectivity index (χ3n) is 1.17. The van der Waals surface area contributed by atoms with Crippen LogP contribution in [0, 0.1) is 5.41 Å². The molecule has 4 nitrogen and oxygen atoms in total. The van der Waals surface area contributed by atoms with E-state index in [0.717, 1.165) is 6.42 Å². The average Bonchev–Trinajstić information content (AvgIpc) is 1.98. The van der Waals surface area contributed by atoms with Crippen molar-refractivity contribution < 1.29 is 0 Å². The van der Waals surface area contributed by atoms with E-state index in [1.165, 1.54) is 5.01 Å². The van der Waals surface area contributed by atoms with Crippen LogP contribution in [0.5, 0.6) is 0 Å². The van der Waals surface area contributed by atoms with Gasteiger partial charge in [-0.15, -0.1) is 0 Å². The molecule has 0 fully saturated rings. The Kier molecular flexibility index (Phi) is 4.26. The highest BCUT2D eigenvalue weighted by atomic mass is 15.5. The van der Waals surface area contributed by atoms with Crippen molar-refractivity contribution in [2.24, 2.45) is 5.10 Å². The predicted octanol–water partition coefficient (Wildman–Crippen LogP) is 0.810. The molecule has 64 valence electrons. The highest BCUT2D eigenvalue weighted by Gasteiger charge is 2.01. The summed E-state index contributed by atoms with van der Waals surface area (Å²) in [5, 5.41) is 13.0. The summed E-state index contributed by atoms with van der Waals surface area (Å²) in [6.07, 6.45) is 2.67. The summed E-state index contributed by atoms with van der Waals surface area (Å²) in [6.45, 7) is 2.01. The fraction of sp³-hybridized carbons (Fsp3) is 0.714. The van der Waals surface area contributed by atoms with Crippen LogP contribution in [0.4, 0.5) is 0 Å². The van der Waals surface area contributed by atoms with E-state index in [9.17, 15) is 0 Å². The first kappa shape index (κ1) is 9.94. The van der Waals surface area contributed by atoms with Crippen molar-refractivity contribution in [2.45, 2.75) is 13.3 Å². The van der Waals surface area contributed by atoms with Crippen molar-refractivity contribution in [3.63, 3.8) is 0 Å². The minimum atomic E-state index is 0.384. The summed E-state index contributed by atoms with van der Waals surface area (Å²) in [5.74, 6) is 0.384. The van der Waals surface area contributed by atoms with Gasteiger partial charge in [0, 0.05) is 27.4 Å². The first-order chi connectivity index (χ1) is 5.09. The molecule has 0 heterocycles.